The van der Waals surface area contributed by atoms with E-state index in [1.54, 1.807) is 0 Å². The zero-order valence-electron chi connectivity index (χ0n) is 15.6. The third-order valence-electron chi connectivity index (χ3n) is 5.89. The van der Waals surface area contributed by atoms with Crippen LogP contribution >= 0.6 is 18.5 Å². The lowest BCUT2D eigenvalue weighted by atomic mass is 9.62. The second-order valence-corrected chi connectivity index (χ2v) is 8.63. The smallest absolute Gasteiger partial charge is 0.132 e. The Morgan fingerprint density at radius 1 is 0.483 bits per heavy atom. The van der Waals surface area contributed by atoms with Crippen molar-refractivity contribution in [3.63, 3.8) is 0 Å². The quantitative estimate of drug-likeness (QED) is 0.316. The molecule has 0 radical (unpaired) electrons. The van der Waals surface area contributed by atoms with Gasteiger partial charge in [0, 0.05) is 22.3 Å². The molecule has 0 fully saturated rings. The Morgan fingerprint density at radius 3 is 1.38 bits per heavy atom. The molecule has 2 nitrogen and oxygen atoms in total. The molecule has 4 aromatic carbocycles. The van der Waals surface area contributed by atoms with Crippen molar-refractivity contribution in [2.45, 2.75) is 5.41 Å². The van der Waals surface area contributed by atoms with Gasteiger partial charge in [0.05, 0.1) is 5.41 Å². The van der Waals surface area contributed by atoms with Gasteiger partial charge in [0.25, 0.3) is 0 Å². The van der Waals surface area contributed by atoms with Gasteiger partial charge >= 0.3 is 0 Å². The molecule has 0 N–H and O–H groups in total. The molecule has 140 valence electrons. The summed E-state index contributed by atoms with van der Waals surface area (Å²) in [6.07, 6.45) is 0. The Labute approximate surface area is 174 Å². The van der Waals surface area contributed by atoms with E-state index in [9.17, 15) is 0 Å². The van der Waals surface area contributed by atoms with Crippen LogP contribution in [0.2, 0.25) is 0 Å². The molecule has 1 spiro atoms. The predicted molar refractivity (Wildman–Crippen MR) is 124 cm³/mol. The lowest BCUT2D eigenvalue weighted by Crippen LogP contribution is -2.42. The fourth-order valence-electron chi connectivity index (χ4n) is 4.85. The highest BCUT2D eigenvalue weighted by molar-refractivity contribution is 7.28. The Bertz CT molecular complexity index is 1190. The Balaban J connectivity index is 1.90. The van der Waals surface area contributed by atoms with Crippen molar-refractivity contribution in [1.82, 2.24) is 0 Å². The van der Waals surface area contributed by atoms with E-state index >= 15 is 0 Å². The number of benzene rings is 4. The van der Waals surface area contributed by atoms with E-state index in [2.05, 4.69) is 79.1 Å². The van der Waals surface area contributed by atoms with Crippen molar-refractivity contribution in [2.24, 2.45) is 0 Å². The second kappa shape index (κ2) is 6.17. The van der Waals surface area contributed by atoms with Gasteiger partial charge in [0.2, 0.25) is 0 Å². The Morgan fingerprint density at radius 2 is 0.897 bits per heavy atom. The highest BCUT2D eigenvalue weighted by atomic mass is 31.0. The first-order valence-electron chi connectivity index (χ1n) is 9.54. The van der Waals surface area contributed by atoms with Crippen LogP contribution in [0.15, 0.2) is 84.9 Å². The molecule has 0 aromatic heterocycles. The normalized spacial score (nSPS) is 14.7. The molecule has 6 rings (SSSR count). The summed E-state index contributed by atoms with van der Waals surface area (Å²) in [7, 11) is 5.83. The molecule has 0 saturated heterocycles. The van der Waals surface area contributed by atoms with Gasteiger partial charge in [-0.15, -0.1) is 18.5 Å². The summed E-state index contributed by atoms with van der Waals surface area (Å²) >= 11 is 0. The molecule has 29 heavy (non-hydrogen) atoms. The molecular weight excluding hydrogens is 394 g/mol. The van der Waals surface area contributed by atoms with E-state index in [1.165, 1.54) is 0 Å². The summed E-state index contributed by atoms with van der Waals surface area (Å²) in [5, 5.41) is 2.24. The number of rotatable bonds is 0. The fraction of sp³-hybridized carbons (Fsp3) is 0.0400. The molecule has 2 heterocycles. The maximum absolute atomic E-state index is 6.39. The van der Waals surface area contributed by atoms with E-state index in [1.807, 2.05) is 24.3 Å². The van der Waals surface area contributed by atoms with Crippen LogP contribution in [-0.4, -0.2) is 0 Å². The minimum absolute atomic E-state index is 0.523. The van der Waals surface area contributed by atoms with Crippen LogP contribution in [0.25, 0.3) is 0 Å². The molecule has 2 aliphatic heterocycles. The lowest BCUT2D eigenvalue weighted by molar-refractivity contribution is 0.402. The standard InChI is InChI=1S/C25H18O2P2/c28-21-13-5-11-19-23(21)25(15-7-1-3-9-17(15)26-19)16-8-2-4-10-18(16)27-20-12-6-14-22(29)24(20)25/h1-14H,28-29H2. The zero-order valence-corrected chi connectivity index (χ0v) is 17.9. The molecule has 0 bridgehead atoms. The largest absolute Gasteiger partial charge is 0.457 e. The molecule has 0 aliphatic carbocycles. The first-order chi connectivity index (χ1) is 14.2. The van der Waals surface area contributed by atoms with Gasteiger partial charge in [0.15, 0.2) is 0 Å². The van der Waals surface area contributed by atoms with Crippen LogP contribution in [0, 0.1) is 0 Å². The first kappa shape index (κ1) is 17.2. The van der Waals surface area contributed by atoms with Crippen molar-refractivity contribution in [1.29, 1.82) is 0 Å². The highest BCUT2D eigenvalue weighted by Crippen LogP contribution is 2.60. The lowest BCUT2D eigenvalue weighted by Gasteiger charge is -2.46. The zero-order chi connectivity index (χ0) is 19.6. The van der Waals surface area contributed by atoms with Crippen LogP contribution in [0.4, 0.5) is 0 Å². The van der Waals surface area contributed by atoms with Gasteiger partial charge < -0.3 is 9.47 Å². The van der Waals surface area contributed by atoms with E-state index < -0.39 is 5.41 Å². The van der Waals surface area contributed by atoms with Crippen LogP contribution in [0.1, 0.15) is 22.3 Å². The molecule has 2 aliphatic rings. The third-order valence-corrected chi connectivity index (χ3v) is 6.85. The Kier molecular flexibility index (Phi) is 3.66. The third kappa shape index (κ3) is 2.19. The fourth-order valence-corrected chi connectivity index (χ4v) is 5.79. The van der Waals surface area contributed by atoms with Crippen LogP contribution in [0.5, 0.6) is 23.0 Å². The van der Waals surface area contributed by atoms with Gasteiger partial charge in [-0.1, -0.05) is 60.7 Å². The van der Waals surface area contributed by atoms with Gasteiger partial charge in [0.1, 0.15) is 23.0 Å². The number of hydrogen-bond donors (Lipinski definition) is 0. The monoisotopic (exact) mass is 412 g/mol. The van der Waals surface area contributed by atoms with Crippen molar-refractivity contribution < 1.29 is 9.47 Å². The minimum atomic E-state index is -0.523. The van der Waals surface area contributed by atoms with E-state index in [-0.39, 0.29) is 0 Å². The van der Waals surface area contributed by atoms with E-state index in [0.717, 1.165) is 55.9 Å². The minimum Gasteiger partial charge on any atom is -0.457 e. The van der Waals surface area contributed by atoms with Crippen molar-refractivity contribution in [3.8, 4) is 23.0 Å². The summed E-state index contributed by atoms with van der Waals surface area (Å²) < 4.78 is 12.8. The predicted octanol–water partition coefficient (Wildman–Crippen LogP) is 5.28. The number of fused-ring (bicyclic) bond motifs is 8. The van der Waals surface area contributed by atoms with Crippen LogP contribution in [0.3, 0.4) is 0 Å². The second-order valence-electron chi connectivity index (χ2n) is 7.39. The Hall–Kier alpha value is -2.66. The molecule has 4 heteroatoms. The molecule has 2 unspecified atom stereocenters. The summed E-state index contributed by atoms with van der Waals surface area (Å²) in [4.78, 5) is 0. The van der Waals surface area contributed by atoms with Crippen molar-refractivity contribution in [2.75, 3.05) is 0 Å². The summed E-state index contributed by atoms with van der Waals surface area (Å²) in [6, 6.07) is 29.2. The average Bonchev–Trinajstić information content (AvgIpc) is 2.74. The van der Waals surface area contributed by atoms with Crippen molar-refractivity contribution in [3.05, 3.63) is 107 Å². The number of ether oxygens (including phenoxy) is 2. The maximum atomic E-state index is 6.39. The number of para-hydroxylation sites is 2. The SMILES string of the molecule is Pc1cccc2c1C1(c3ccccc3O2)c2ccccc2Oc2cccc(P)c21. The topological polar surface area (TPSA) is 18.5 Å². The van der Waals surface area contributed by atoms with Crippen molar-refractivity contribution >= 4 is 29.1 Å². The van der Waals surface area contributed by atoms with Gasteiger partial charge in [-0.2, -0.15) is 0 Å². The van der Waals surface area contributed by atoms with Crippen LogP contribution < -0.4 is 20.1 Å². The van der Waals surface area contributed by atoms with Gasteiger partial charge in [-0.25, -0.2) is 0 Å². The highest BCUT2D eigenvalue weighted by Gasteiger charge is 2.51. The van der Waals surface area contributed by atoms with Crippen LogP contribution in [-0.2, 0) is 5.41 Å². The first-order valence-corrected chi connectivity index (χ1v) is 10.7. The summed E-state index contributed by atoms with van der Waals surface area (Å²) in [6.45, 7) is 0. The molecule has 2 atom stereocenters. The summed E-state index contributed by atoms with van der Waals surface area (Å²) in [5.41, 5.74) is 4.04. The molecule has 0 amide bonds. The molecule has 0 saturated carbocycles. The van der Waals surface area contributed by atoms with E-state index in [0.29, 0.717) is 0 Å². The molecular formula is C25H18O2P2. The number of hydrogen-bond acceptors (Lipinski definition) is 2. The maximum Gasteiger partial charge on any atom is 0.132 e. The van der Waals surface area contributed by atoms with E-state index in [4.69, 9.17) is 9.47 Å². The molecule has 4 aromatic rings. The summed E-state index contributed by atoms with van der Waals surface area (Å²) in [5.74, 6) is 3.53. The van der Waals surface area contributed by atoms with Gasteiger partial charge in [-0.3, -0.25) is 0 Å². The van der Waals surface area contributed by atoms with Gasteiger partial charge in [-0.05, 0) is 34.9 Å². The average molecular weight is 412 g/mol.